The Morgan fingerprint density at radius 3 is 2.52 bits per heavy atom. The summed E-state index contributed by atoms with van der Waals surface area (Å²) in [5.74, 6) is -0.207. The fourth-order valence-corrected chi connectivity index (χ4v) is 2.17. The quantitative estimate of drug-likeness (QED) is 0.596. The van der Waals surface area contributed by atoms with E-state index in [1.54, 1.807) is 6.21 Å². The number of allylic oxidation sites excluding steroid dienone is 1. The number of nitrogens with one attached hydrogen (secondary N) is 2. The number of amides is 1. The van der Waals surface area contributed by atoms with E-state index in [4.69, 9.17) is 0 Å². The molecule has 2 N–H and O–H groups in total. The number of halogens is 1. The minimum atomic E-state index is -0.207. The van der Waals surface area contributed by atoms with Gasteiger partial charge in [0.1, 0.15) is 0 Å². The second-order valence-corrected chi connectivity index (χ2v) is 5.87. The van der Waals surface area contributed by atoms with Crippen LogP contribution in [0.5, 0.6) is 0 Å². The topological polar surface area (TPSA) is 53.5 Å². The largest absolute Gasteiger partial charge is 0.376 e. The zero-order valence-electron chi connectivity index (χ0n) is 12.8. The molecule has 2 rings (SSSR count). The van der Waals surface area contributed by atoms with Gasteiger partial charge in [0, 0.05) is 10.2 Å². The standard InChI is InChI=1S/C18H18BrN3O/c1-14-7-9-17(10-8-14)20-13-18(23)22-21-12-16(19)11-15-5-3-2-4-6-15/h2-12,20H,13H2,1H3,(H,22,23). The summed E-state index contributed by atoms with van der Waals surface area (Å²) in [7, 11) is 0. The highest BCUT2D eigenvalue weighted by atomic mass is 79.9. The van der Waals surface area contributed by atoms with Crippen molar-refractivity contribution in [3.05, 3.63) is 70.2 Å². The monoisotopic (exact) mass is 371 g/mol. The molecule has 0 heterocycles. The summed E-state index contributed by atoms with van der Waals surface area (Å²) < 4.78 is 0.774. The number of hydrogen-bond acceptors (Lipinski definition) is 3. The lowest BCUT2D eigenvalue weighted by Gasteiger charge is -2.05. The minimum absolute atomic E-state index is 0.167. The van der Waals surface area contributed by atoms with Gasteiger partial charge in [0.25, 0.3) is 5.91 Å². The molecule has 0 radical (unpaired) electrons. The van der Waals surface area contributed by atoms with Crippen LogP contribution in [0.1, 0.15) is 11.1 Å². The molecule has 0 aliphatic rings. The van der Waals surface area contributed by atoms with Gasteiger partial charge in [0.2, 0.25) is 0 Å². The SMILES string of the molecule is Cc1ccc(NCC(=O)NN=CC(Br)=Cc2ccccc2)cc1. The third-order valence-electron chi connectivity index (χ3n) is 2.99. The van der Waals surface area contributed by atoms with Crippen molar-refractivity contribution in [2.24, 2.45) is 5.10 Å². The van der Waals surface area contributed by atoms with Crippen molar-refractivity contribution < 1.29 is 4.79 Å². The van der Waals surface area contributed by atoms with Gasteiger partial charge in [-0.1, -0.05) is 48.0 Å². The molecule has 0 aliphatic carbocycles. The lowest BCUT2D eigenvalue weighted by molar-refractivity contribution is -0.119. The predicted octanol–water partition coefficient (Wildman–Crippen LogP) is 3.94. The van der Waals surface area contributed by atoms with Gasteiger partial charge in [-0.15, -0.1) is 0 Å². The molecule has 0 unspecified atom stereocenters. The second-order valence-electron chi connectivity index (χ2n) is 4.95. The first-order chi connectivity index (χ1) is 11.1. The highest BCUT2D eigenvalue weighted by molar-refractivity contribution is 9.12. The molecule has 4 nitrogen and oxygen atoms in total. The van der Waals surface area contributed by atoms with Crippen molar-refractivity contribution in [2.45, 2.75) is 6.92 Å². The van der Waals surface area contributed by atoms with Gasteiger partial charge in [-0.2, -0.15) is 5.10 Å². The van der Waals surface area contributed by atoms with Gasteiger partial charge >= 0.3 is 0 Å². The number of rotatable bonds is 6. The van der Waals surface area contributed by atoms with E-state index in [1.165, 1.54) is 5.56 Å². The molecule has 0 saturated heterocycles. The lowest BCUT2D eigenvalue weighted by Crippen LogP contribution is -2.25. The molecule has 23 heavy (non-hydrogen) atoms. The Labute approximate surface area is 144 Å². The molecule has 5 heteroatoms. The van der Waals surface area contributed by atoms with E-state index >= 15 is 0 Å². The molecule has 0 spiro atoms. The Morgan fingerprint density at radius 2 is 1.83 bits per heavy atom. The maximum Gasteiger partial charge on any atom is 0.259 e. The summed E-state index contributed by atoms with van der Waals surface area (Å²) in [5.41, 5.74) is 5.61. The van der Waals surface area contributed by atoms with Gasteiger partial charge in [0.05, 0.1) is 12.8 Å². The summed E-state index contributed by atoms with van der Waals surface area (Å²) in [6.07, 6.45) is 3.47. The van der Waals surface area contributed by atoms with Crippen LogP contribution in [-0.4, -0.2) is 18.7 Å². The summed E-state index contributed by atoms with van der Waals surface area (Å²) in [6.45, 7) is 2.19. The average Bonchev–Trinajstić information content (AvgIpc) is 2.55. The van der Waals surface area contributed by atoms with E-state index in [9.17, 15) is 4.79 Å². The van der Waals surface area contributed by atoms with E-state index in [0.29, 0.717) is 0 Å². The minimum Gasteiger partial charge on any atom is -0.376 e. The van der Waals surface area contributed by atoms with Crippen molar-refractivity contribution in [1.82, 2.24) is 5.43 Å². The zero-order chi connectivity index (χ0) is 16.5. The smallest absolute Gasteiger partial charge is 0.259 e. The van der Waals surface area contributed by atoms with E-state index in [1.807, 2.05) is 67.6 Å². The Kier molecular flexibility index (Phi) is 6.56. The molecule has 1 amide bonds. The number of carbonyl (C=O) groups is 1. The maximum atomic E-state index is 11.7. The van der Waals surface area contributed by atoms with Crippen molar-refractivity contribution in [2.75, 3.05) is 11.9 Å². The van der Waals surface area contributed by atoms with Crippen molar-refractivity contribution in [3.8, 4) is 0 Å². The molecule has 0 aliphatic heterocycles. The number of nitrogens with zero attached hydrogens (tertiary/aromatic N) is 1. The molecule has 118 valence electrons. The normalized spacial score (nSPS) is 11.5. The zero-order valence-corrected chi connectivity index (χ0v) is 14.4. The molecular weight excluding hydrogens is 354 g/mol. The fourth-order valence-electron chi connectivity index (χ4n) is 1.80. The first-order valence-corrected chi connectivity index (χ1v) is 7.97. The first-order valence-electron chi connectivity index (χ1n) is 7.18. The van der Waals surface area contributed by atoms with E-state index in [-0.39, 0.29) is 12.5 Å². The van der Waals surface area contributed by atoms with Crippen LogP contribution in [0.4, 0.5) is 5.69 Å². The van der Waals surface area contributed by atoms with Gasteiger partial charge in [0.15, 0.2) is 0 Å². The van der Waals surface area contributed by atoms with Crippen LogP contribution in [0.3, 0.4) is 0 Å². The molecular formula is C18H18BrN3O. The first kappa shape index (κ1) is 17.0. The van der Waals surface area contributed by atoms with Crippen LogP contribution in [0.15, 0.2) is 64.2 Å². The lowest BCUT2D eigenvalue weighted by atomic mass is 10.2. The van der Waals surface area contributed by atoms with Crippen LogP contribution < -0.4 is 10.7 Å². The van der Waals surface area contributed by atoms with Crippen LogP contribution in [-0.2, 0) is 4.79 Å². The third-order valence-corrected chi connectivity index (χ3v) is 3.42. The van der Waals surface area contributed by atoms with Crippen molar-refractivity contribution >= 4 is 39.8 Å². The number of hydrogen-bond donors (Lipinski definition) is 2. The van der Waals surface area contributed by atoms with Crippen LogP contribution >= 0.6 is 15.9 Å². The summed E-state index contributed by atoms with van der Waals surface area (Å²) in [5, 5.41) is 6.95. The molecule has 0 saturated carbocycles. The summed E-state index contributed by atoms with van der Waals surface area (Å²) in [6, 6.07) is 17.7. The van der Waals surface area contributed by atoms with E-state index in [2.05, 4.69) is 31.8 Å². The maximum absolute atomic E-state index is 11.7. The molecule has 0 bridgehead atoms. The van der Waals surface area contributed by atoms with Crippen molar-refractivity contribution in [3.63, 3.8) is 0 Å². The van der Waals surface area contributed by atoms with E-state index in [0.717, 1.165) is 15.7 Å². The molecule has 2 aromatic rings. The van der Waals surface area contributed by atoms with Gasteiger partial charge in [-0.25, -0.2) is 5.43 Å². The second kappa shape index (κ2) is 8.90. The number of aryl methyl sites for hydroxylation is 1. The van der Waals surface area contributed by atoms with Crippen LogP contribution in [0, 0.1) is 6.92 Å². The Hall–Kier alpha value is -2.40. The van der Waals surface area contributed by atoms with Crippen LogP contribution in [0.2, 0.25) is 0 Å². The highest BCUT2D eigenvalue weighted by Gasteiger charge is 1.99. The fraction of sp³-hybridized carbons (Fsp3) is 0.111. The summed E-state index contributed by atoms with van der Waals surface area (Å²) in [4.78, 5) is 11.7. The van der Waals surface area contributed by atoms with Crippen molar-refractivity contribution in [1.29, 1.82) is 0 Å². The van der Waals surface area contributed by atoms with Crippen LogP contribution in [0.25, 0.3) is 6.08 Å². The molecule has 0 atom stereocenters. The number of hydrazone groups is 1. The van der Waals surface area contributed by atoms with Gasteiger partial charge < -0.3 is 5.32 Å². The Morgan fingerprint density at radius 1 is 1.13 bits per heavy atom. The molecule has 0 aromatic heterocycles. The number of anilines is 1. The number of benzene rings is 2. The van der Waals surface area contributed by atoms with Gasteiger partial charge in [-0.3, -0.25) is 4.79 Å². The van der Waals surface area contributed by atoms with Gasteiger partial charge in [-0.05, 0) is 46.6 Å². The highest BCUT2D eigenvalue weighted by Crippen LogP contribution is 2.10. The predicted molar refractivity (Wildman–Crippen MR) is 99.6 cm³/mol. The Balaban J connectivity index is 1.77. The summed E-state index contributed by atoms with van der Waals surface area (Å²) >= 11 is 3.39. The number of carbonyl (C=O) groups excluding carboxylic acids is 1. The Bertz CT molecular complexity index is 694. The average molecular weight is 372 g/mol. The van der Waals surface area contributed by atoms with E-state index < -0.39 is 0 Å². The molecule has 0 fully saturated rings. The third kappa shape index (κ3) is 6.48. The molecule has 2 aromatic carbocycles.